The van der Waals surface area contributed by atoms with Crippen molar-refractivity contribution in [2.45, 2.75) is 104 Å². The molecule has 208 valence electrons. The molecule has 4 fully saturated rings. The average Bonchev–Trinajstić information content (AvgIpc) is 3.52. The Bertz CT molecular complexity index is 1040. The van der Waals surface area contributed by atoms with Crippen LogP contribution in [0.2, 0.25) is 0 Å². The number of carbonyl (C=O) groups is 1. The summed E-state index contributed by atoms with van der Waals surface area (Å²) in [7, 11) is 0. The van der Waals surface area contributed by atoms with Crippen LogP contribution in [0.3, 0.4) is 0 Å². The molecule has 5 aliphatic rings. The predicted octanol–water partition coefficient (Wildman–Crippen LogP) is 6.45. The number of fused-ring (bicyclic) bond motifs is 5. The molecule has 5 nitrogen and oxygen atoms in total. The Kier molecular flexibility index (Phi) is 7.12. The maximum absolute atomic E-state index is 13.2. The second-order valence-electron chi connectivity index (χ2n) is 14.1. The zero-order chi connectivity index (χ0) is 26.5. The van der Waals surface area contributed by atoms with Crippen LogP contribution in [0.5, 0.6) is 0 Å². The molecule has 0 spiro atoms. The lowest BCUT2D eigenvalue weighted by molar-refractivity contribution is -0.130. The number of allylic oxidation sites excluding steroid dienone is 1. The number of aliphatic hydroxyl groups is 1. The van der Waals surface area contributed by atoms with Crippen molar-refractivity contribution in [2.75, 3.05) is 18.4 Å². The molecule has 6 rings (SSSR count). The van der Waals surface area contributed by atoms with Gasteiger partial charge in [0, 0.05) is 43.6 Å². The molecule has 1 aromatic heterocycles. The molecule has 38 heavy (non-hydrogen) atoms. The van der Waals surface area contributed by atoms with Gasteiger partial charge in [-0.3, -0.25) is 9.78 Å². The van der Waals surface area contributed by atoms with Crippen molar-refractivity contribution in [1.82, 2.24) is 9.88 Å². The van der Waals surface area contributed by atoms with Gasteiger partial charge < -0.3 is 15.3 Å². The fourth-order valence-corrected chi connectivity index (χ4v) is 10.1. The van der Waals surface area contributed by atoms with E-state index < -0.39 is 0 Å². The van der Waals surface area contributed by atoms with Gasteiger partial charge in [0.05, 0.1) is 6.10 Å². The van der Waals surface area contributed by atoms with Crippen molar-refractivity contribution >= 4 is 11.6 Å². The van der Waals surface area contributed by atoms with Crippen molar-refractivity contribution < 1.29 is 9.90 Å². The average molecular weight is 520 g/mol. The molecule has 1 unspecified atom stereocenters. The monoisotopic (exact) mass is 519 g/mol. The second kappa shape index (κ2) is 10.3. The van der Waals surface area contributed by atoms with Gasteiger partial charge in [0.25, 0.3) is 0 Å². The molecule has 9 atom stereocenters. The Morgan fingerprint density at radius 3 is 2.76 bits per heavy atom. The molecule has 1 aromatic rings. The number of nitrogens with one attached hydrogen (secondary N) is 1. The van der Waals surface area contributed by atoms with E-state index in [1.54, 1.807) is 5.57 Å². The summed E-state index contributed by atoms with van der Waals surface area (Å²) in [6.07, 6.45) is 18.5. The van der Waals surface area contributed by atoms with Gasteiger partial charge in [0.1, 0.15) is 0 Å². The third-order valence-electron chi connectivity index (χ3n) is 12.2. The van der Waals surface area contributed by atoms with Crippen LogP contribution in [-0.4, -0.2) is 46.1 Å². The molecule has 5 heteroatoms. The topological polar surface area (TPSA) is 65.5 Å². The number of rotatable bonds is 6. The smallest absolute Gasteiger partial charge is 0.222 e. The number of hydrogen-bond acceptors (Lipinski definition) is 4. The minimum atomic E-state index is -0.122. The minimum Gasteiger partial charge on any atom is -0.393 e. The molecule has 3 saturated carbocycles. The highest BCUT2D eigenvalue weighted by molar-refractivity contribution is 5.76. The fourth-order valence-electron chi connectivity index (χ4n) is 10.1. The highest BCUT2D eigenvalue weighted by Crippen LogP contribution is 2.67. The van der Waals surface area contributed by atoms with E-state index >= 15 is 0 Å². The zero-order valence-corrected chi connectivity index (χ0v) is 23.9. The van der Waals surface area contributed by atoms with Crippen molar-refractivity contribution in [1.29, 1.82) is 0 Å². The van der Waals surface area contributed by atoms with Crippen molar-refractivity contribution in [3.63, 3.8) is 0 Å². The van der Waals surface area contributed by atoms with E-state index in [1.165, 1.54) is 38.5 Å². The van der Waals surface area contributed by atoms with Crippen LogP contribution in [-0.2, 0) is 4.79 Å². The summed E-state index contributed by atoms with van der Waals surface area (Å²) in [5, 5.41) is 13.9. The molecule has 0 radical (unpaired) electrons. The molecule has 2 N–H and O–H groups in total. The third kappa shape index (κ3) is 4.61. The Morgan fingerprint density at radius 2 is 1.95 bits per heavy atom. The predicted molar refractivity (Wildman–Crippen MR) is 152 cm³/mol. The number of hydrogen-bond donors (Lipinski definition) is 2. The number of likely N-dealkylation sites (tertiary alicyclic amines) is 1. The maximum Gasteiger partial charge on any atom is 0.222 e. The van der Waals surface area contributed by atoms with Crippen LogP contribution in [0.25, 0.3) is 0 Å². The van der Waals surface area contributed by atoms with Crippen molar-refractivity contribution in [3.8, 4) is 0 Å². The van der Waals surface area contributed by atoms with Gasteiger partial charge in [-0.15, -0.1) is 0 Å². The first kappa shape index (κ1) is 26.3. The van der Waals surface area contributed by atoms with E-state index in [-0.39, 0.29) is 6.10 Å². The Labute approximate surface area is 229 Å². The molecular formula is C33H49N3O2. The van der Waals surface area contributed by atoms with Crippen LogP contribution in [0.1, 0.15) is 91.4 Å². The van der Waals surface area contributed by atoms with Gasteiger partial charge in [-0.1, -0.05) is 32.4 Å². The summed E-state index contributed by atoms with van der Waals surface area (Å²) >= 11 is 0. The van der Waals surface area contributed by atoms with Gasteiger partial charge in [-0.05, 0) is 117 Å². The first-order valence-electron chi connectivity index (χ1n) is 15.6. The number of pyridine rings is 1. The number of anilines is 1. The Morgan fingerprint density at radius 1 is 1.13 bits per heavy atom. The summed E-state index contributed by atoms with van der Waals surface area (Å²) < 4.78 is 0. The van der Waals surface area contributed by atoms with E-state index in [2.05, 4.69) is 42.0 Å². The van der Waals surface area contributed by atoms with Gasteiger partial charge in [0.15, 0.2) is 0 Å². The minimum absolute atomic E-state index is 0.122. The normalized spacial score (nSPS) is 41.1. The molecule has 1 aliphatic heterocycles. The highest BCUT2D eigenvalue weighted by atomic mass is 16.3. The Hall–Kier alpha value is -1.88. The molecule has 1 saturated heterocycles. The third-order valence-corrected chi connectivity index (χ3v) is 12.2. The zero-order valence-electron chi connectivity index (χ0n) is 23.9. The first-order chi connectivity index (χ1) is 18.3. The van der Waals surface area contributed by atoms with E-state index in [9.17, 15) is 9.90 Å². The molecule has 1 amide bonds. The summed E-state index contributed by atoms with van der Waals surface area (Å²) in [6, 6.07) is 4.33. The number of aliphatic hydroxyl groups excluding tert-OH is 1. The molecule has 2 heterocycles. The first-order valence-corrected chi connectivity index (χ1v) is 15.6. The molecule has 0 bridgehead atoms. The second-order valence-corrected chi connectivity index (χ2v) is 14.1. The van der Waals surface area contributed by atoms with Crippen LogP contribution < -0.4 is 5.32 Å². The van der Waals surface area contributed by atoms with Gasteiger partial charge in [-0.2, -0.15) is 0 Å². The molecule has 0 aromatic carbocycles. The van der Waals surface area contributed by atoms with Crippen molar-refractivity contribution in [2.24, 2.45) is 40.4 Å². The van der Waals surface area contributed by atoms with Crippen LogP contribution in [0.15, 0.2) is 36.2 Å². The number of nitrogens with zero attached hydrogens (tertiary/aromatic N) is 2. The summed E-state index contributed by atoms with van der Waals surface area (Å²) in [5.41, 5.74) is 3.40. The Balaban J connectivity index is 1.04. The quantitative estimate of drug-likeness (QED) is 0.424. The van der Waals surface area contributed by atoms with Gasteiger partial charge in [0.2, 0.25) is 5.91 Å². The van der Waals surface area contributed by atoms with Crippen LogP contribution >= 0.6 is 0 Å². The maximum atomic E-state index is 13.2. The number of amides is 1. The van der Waals surface area contributed by atoms with Crippen molar-refractivity contribution in [3.05, 3.63) is 36.2 Å². The number of carbonyl (C=O) groups excluding carboxylic acids is 1. The fraction of sp³-hybridized carbons (Fsp3) is 0.758. The van der Waals surface area contributed by atoms with E-state index in [1.807, 2.05) is 24.5 Å². The molecule has 4 aliphatic carbocycles. The molecular weight excluding hydrogens is 470 g/mol. The highest BCUT2D eigenvalue weighted by Gasteiger charge is 2.59. The van der Waals surface area contributed by atoms with E-state index in [0.29, 0.717) is 35.1 Å². The SMILES string of the molecule is CC(CCC(=O)N1CC[C@H](Nc2ccncc2)C1)[C@H]1CC[C@H]2[C@@H]3CC=C4C[C@@H](O)CC[C@]4(C)[C@H]3CC[C@]12C. The van der Waals surface area contributed by atoms with Gasteiger partial charge >= 0.3 is 0 Å². The lowest BCUT2D eigenvalue weighted by atomic mass is 9.47. The van der Waals surface area contributed by atoms with Gasteiger partial charge in [-0.25, -0.2) is 0 Å². The summed E-state index contributed by atoms with van der Waals surface area (Å²) in [6.45, 7) is 9.27. The largest absolute Gasteiger partial charge is 0.393 e. The lowest BCUT2D eigenvalue weighted by Crippen LogP contribution is -2.50. The summed E-state index contributed by atoms with van der Waals surface area (Å²) in [5.74, 6) is 4.13. The standard InChI is InChI=1S/C33H49N3O2/c1-22(4-9-31(38)36-19-14-25(21-36)35-24-12-17-34-18-13-24)28-7-8-29-27-6-5-23-20-26(37)10-15-32(23,2)30(27)11-16-33(28,29)3/h5,12-13,17-18,22,25-30,37H,4,6-11,14-16,19-21H2,1-3H3,(H,34,35)/t22?,25-,26-,27-,28+,29-,30-,32-,33+/m0/s1. The van der Waals surface area contributed by atoms with Crippen LogP contribution in [0, 0.1) is 40.4 Å². The van der Waals surface area contributed by atoms with E-state index in [0.717, 1.165) is 68.1 Å². The van der Waals surface area contributed by atoms with Crippen LogP contribution in [0.4, 0.5) is 5.69 Å². The number of aromatic nitrogens is 1. The lowest BCUT2D eigenvalue weighted by Gasteiger charge is -2.58. The summed E-state index contributed by atoms with van der Waals surface area (Å²) in [4.78, 5) is 19.3. The van der Waals surface area contributed by atoms with E-state index in [4.69, 9.17) is 0 Å².